The molecule has 5 aromatic carbocycles. The molecule has 48 heavy (non-hydrogen) atoms. The number of rotatable bonds is 7. The molecule has 6 aromatic rings. The van der Waals surface area contributed by atoms with Crippen molar-refractivity contribution in [3.8, 4) is 11.1 Å². The predicted molar refractivity (Wildman–Crippen MR) is 191 cm³/mol. The van der Waals surface area contributed by atoms with Gasteiger partial charge in [-0.05, 0) is 59.4 Å². The third-order valence-corrected chi connectivity index (χ3v) is 9.76. The van der Waals surface area contributed by atoms with Crippen molar-refractivity contribution in [3.05, 3.63) is 154 Å². The fourth-order valence-corrected chi connectivity index (χ4v) is 7.50. The lowest BCUT2D eigenvalue weighted by Gasteiger charge is -2.37. The number of nitrogens with one attached hydrogen (secondary N) is 1. The maximum Gasteiger partial charge on any atom is 0.407 e. The van der Waals surface area contributed by atoms with Crippen molar-refractivity contribution < 1.29 is 14.7 Å². The third kappa shape index (κ3) is 5.59. The highest BCUT2D eigenvalue weighted by Crippen LogP contribution is 2.45. The van der Waals surface area contributed by atoms with E-state index in [-0.39, 0.29) is 12.5 Å². The Labute approximate surface area is 288 Å². The molecule has 1 fully saturated rings. The monoisotopic (exact) mass is 674 g/mol. The van der Waals surface area contributed by atoms with Crippen LogP contribution in [0.25, 0.3) is 22.0 Å². The van der Waals surface area contributed by atoms with Crippen molar-refractivity contribution in [1.29, 1.82) is 0 Å². The van der Waals surface area contributed by atoms with Crippen LogP contribution in [0, 0.1) is 5.92 Å². The lowest BCUT2D eigenvalue weighted by atomic mass is 9.77. The quantitative estimate of drug-likeness (QED) is 0.165. The summed E-state index contributed by atoms with van der Waals surface area (Å²) in [6, 6.07) is 41.9. The molecule has 1 aromatic heterocycles. The second kappa shape index (κ2) is 13.2. The highest BCUT2D eigenvalue weighted by molar-refractivity contribution is 6.39. The Morgan fingerprint density at radius 1 is 0.771 bits per heavy atom. The van der Waals surface area contributed by atoms with Gasteiger partial charge < -0.3 is 15.3 Å². The van der Waals surface area contributed by atoms with Gasteiger partial charge in [-0.15, -0.1) is 0 Å². The molecule has 7 nitrogen and oxygen atoms in total. The molecule has 1 atom stereocenters. The van der Waals surface area contributed by atoms with Crippen molar-refractivity contribution in [2.24, 2.45) is 5.92 Å². The zero-order valence-corrected chi connectivity index (χ0v) is 27.4. The van der Waals surface area contributed by atoms with E-state index in [1.54, 1.807) is 18.2 Å². The van der Waals surface area contributed by atoms with E-state index < -0.39 is 17.6 Å². The van der Waals surface area contributed by atoms with Crippen LogP contribution in [0.2, 0.25) is 10.0 Å². The summed E-state index contributed by atoms with van der Waals surface area (Å²) in [7, 11) is 0. The molecule has 0 radical (unpaired) electrons. The van der Waals surface area contributed by atoms with Gasteiger partial charge in [-0.3, -0.25) is 4.79 Å². The normalized spacial score (nSPS) is 15.0. The molecule has 1 aliphatic heterocycles. The van der Waals surface area contributed by atoms with Gasteiger partial charge in [0.25, 0.3) is 0 Å². The summed E-state index contributed by atoms with van der Waals surface area (Å²) in [5, 5.41) is 19.7. The average molecular weight is 676 g/mol. The summed E-state index contributed by atoms with van der Waals surface area (Å²) in [6.07, 6.45) is 0.159. The Kier molecular flexibility index (Phi) is 8.65. The molecule has 9 heteroatoms. The van der Waals surface area contributed by atoms with Crippen molar-refractivity contribution in [2.45, 2.75) is 18.4 Å². The molecule has 7 rings (SSSR count). The van der Waals surface area contributed by atoms with E-state index in [1.165, 1.54) is 4.90 Å². The van der Waals surface area contributed by atoms with E-state index >= 15 is 0 Å². The van der Waals surface area contributed by atoms with Gasteiger partial charge in [0.05, 0.1) is 11.4 Å². The van der Waals surface area contributed by atoms with E-state index in [2.05, 4.69) is 41.7 Å². The number of hydrogen-bond donors (Lipinski definition) is 2. The van der Waals surface area contributed by atoms with Gasteiger partial charge in [-0.2, -0.15) is 5.10 Å². The molecule has 2 amide bonds. The molecular weight excluding hydrogens is 643 g/mol. The van der Waals surface area contributed by atoms with Crippen LogP contribution in [-0.2, 0) is 10.3 Å². The maximum atomic E-state index is 13.9. The van der Waals surface area contributed by atoms with Crippen LogP contribution >= 0.6 is 23.2 Å². The first-order valence-electron chi connectivity index (χ1n) is 15.8. The molecule has 0 aliphatic carbocycles. The summed E-state index contributed by atoms with van der Waals surface area (Å²) in [6.45, 7) is 0.536. The number of hydrogen-bond acceptors (Lipinski definition) is 3. The van der Waals surface area contributed by atoms with Gasteiger partial charge in [-0.25, -0.2) is 9.48 Å². The summed E-state index contributed by atoms with van der Waals surface area (Å²) in [4.78, 5) is 26.9. The lowest BCUT2D eigenvalue weighted by Crippen LogP contribution is -2.43. The first-order chi connectivity index (χ1) is 23.4. The summed E-state index contributed by atoms with van der Waals surface area (Å²) >= 11 is 13.3. The number of fused-ring (bicyclic) bond motifs is 1. The molecule has 2 N–H and O–H groups in total. The molecular formula is C39H32Cl2N4O3. The molecule has 0 saturated carbocycles. The number of amides is 2. The van der Waals surface area contributed by atoms with Crippen molar-refractivity contribution in [3.63, 3.8) is 0 Å². The number of aromatic nitrogens is 2. The van der Waals surface area contributed by atoms with Crippen molar-refractivity contribution >= 4 is 51.9 Å². The molecule has 2 heterocycles. The van der Waals surface area contributed by atoms with Gasteiger partial charge in [-0.1, -0.05) is 126 Å². The first kappa shape index (κ1) is 31.5. The zero-order valence-electron chi connectivity index (χ0n) is 25.9. The number of carbonyl (C=O) groups is 2. The number of benzene rings is 5. The van der Waals surface area contributed by atoms with Crippen molar-refractivity contribution in [2.75, 3.05) is 18.4 Å². The molecule has 1 saturated heterocycles. The predicted octanol–water partition coefficient (Wildman–Crippen LogP) is 9.18. The molecule has 1 unspecified atom stereocenters. The highest BCUT2D eigenvalue weighted by Gasteiger charge is 2.41. The van der Waals surface area contributed by atoms with Crippen LogP contribution in [0.15, 0.2) is 127 Å². The summed E-state index contributed by atoms with van der Waals surface area (Å²) in [5.74, 6) is -0.434. The standard InChI is InChI=1S/C39H32Cl2N4O3/c40-32-19-10-20-33(41)35(32)26-21-22-34-31(24-26)36(42-37(46)27-12-11-23-44(25-27)38(47)48)43-45(34)39(28-13-4-1-5-14-28,29-15-6-2-7-16-29)30-17-8-3-9-18-30/h1-10,13-22,24,27H,11-12,23,25H2,(H,47,48)(H,42,43,46). The smallest absolute Gasteiger partial charge is 0.407 e. The SMILES string of the molecule is O=C(Nc1nn(C(c2ccccc2)(c2ccccc2)c2ccccc2)c2ccc(-c3c(Cl)cccc3Cl)cc12)C1CCCN(C(=O)O)C1. The molecule has 1 aliphatic rings. The van der Waals surface area contributed by atoms with Crippen LogP contribution in [0.1, 0.15) is 29.5 Å². The van der Waals surface area contributed by atoms with Crippen molar-refractivity contribution in [1.82, 2.24) is 14.7 Å². The van der Waals surface area contributed by atoms with Crippen LogP contribution < -0.4 is 5.32 Å². The van der Waals surface area contributed by atoms with Gasteiger partial charge in [0.2, 0.25) is 5.91 Å². The fraction of sp³-hybridized carbons (Fsp3) is 0.154. The second-order valence-corrected chi connectivity index (χ2v) is 12.8. The average Bonchev–Trinajstić information content (AvgIpc) is 3.47. The number of halogens is 2. The lowest BCUT2D eigenvalue weighted by molar-refractivity contribution is -0.121. The van der Waals surface area contributed by atoms with Crippen LogP contribution in [0.3, 0.4) is 0 Å². The van der Waals surface area contributed by atoms with Gasteiger partial charge >= 0.3 is 6.09 Å². The van der Waals surface area contributed by atoms with Crippen LogP contribution in [0.4, 0.5) is 10.6 Å². The van der Waals surface area contributed by atoms with Gasteiger partial charge in [0.1, 0.15) is 5.54 Å². The minimum atomic E-state index is -1.03. The van der Waals surface area contributed by atoms with E-state index in [0.29, 0.717) is 46.2 Å². The summed E-state index contributed by atoms with van der Waals surface area (Å²) in [5.41, 5.74) is 4.21. The number of nitrogens with zero attached hydrogens (tertiary/aromatic N) is 3. The molecule has 240 valence electrons. The van der Waals surface area contributed by atoms with E-state index in [4.69, 9.17) is 28.3 Å². The Bertz CT molecular complexity index is 1990. The van der Waals surface area contributed by atoms with E-state index in [9.17, 15) is 14.7 Å². The minimum absolute atomic E-state index is 0.127. The van der Waals surface area contributed by atoms with Gasteiger partial charge in [0, 0.05) is 34.1 Å². The highest BCUT2D eigenvalue weighted by atomic mass is 35.5. The third-order valence-electron chi connectivity index (χ3n) is 9.13. The van der Waals surface area contributed by atoms with E-state index in [0.717, 1.165) is 27.8 Å². The Balaban J connectivity index is 1.49. The topological polar surface area (TPSA) is 87.5 Å². The fourth-order valence-electron chi connectivity index (χ4n) is 6.88. The van der Waals surface area contributed by atoms with Gasteiger partial charge in [0.15, 0.2) is 5.82 Å². The number of likely N-dealkylation sites (tertiary alicyclic amines) is 1. The molecule has 0 bridgehead atoms. The van der Waals surface area contributed by atoms with Crippen LogP contribution in [0.5, 0.6) is 0 Å². The Morgan fingerprint density at radius 2 is 1.33 bits per heavy atom. The zero-order chi connectivity index (χ0) is 33.3. The molecule has 0 spiro atoms. The Morgan fingerprint density at radius 3 is 1.88 bits per heavy atom. The number of carbonyl (C=O) groups excluding carboxylic acids is 1. The van der Waals surface area contributed by atoms with Crippen LogP contribution in [-0.4, -0.2) is 44.9 Å². The number of carboxylic acid groups (broad SMARTS) is 1. The first-order valence-corrected chi connectivity index (χ1v) is 16.6. The number of piperidine rings is 1. The second-order valence-electron chi connectivity index (χ2n) is 12.0. The largest absolute Gasteiger partial charge is 0.465 e. The summed E-state index contributed by atoms with van der Waals surface area (Å²) < 4.78 is 1.99. The van der Waals surface area contributed by atoms with E-state index in [1.807, 2.05) is 77.5 Å². The minimum Gasteiger partial charge on any atom is -0.465 e. The maximum absolute atomic E-state index is 13.9. The number of anilines is 1. The Hall–Kier alpha value is -5.11.